The number of ether oxygens (including phenoxy) is 1. The standard InChI is InChI=1S/C20H18Cl2N4O2S/c1-26-19-16(17(25-26)15-6-3-11(10-24-15)20(27)28-2)18(29-8-7-23-19)13-5-4-12(21)9-14(13)22/h3-6,9-10,18,23H,7-8H2,1-2H3. The highest BCUT2D eigenvalue weighted by molar-refractivity contribution is 7.99. The van der Waals surface area contributed by atoms with Gasteiger partial charge in [0, 0.05) is 41.2 Å². The van der Waals surface area contributed by atoms with E-state index in [4.69, 9.17) is 33.0 Å². The third-order valence-corrected chi connectivity index (χ3v) is 6.52. The Morgan fingerprint density at radius 2 is 2.14 bits per heavy atom. The second-order valence-electron chi connectivity index (χ2n) is 6.50. The molecule has 9 heteroatoms. The Labute approximate surface area is 182 Å². The summed E-state index contributed by atoms with van der Waals surface area (Å²) in [5.41, 5.74) is 3.80. The second kappa shape index (κ2) is 8.26. The highest BCUT2D eigenvalue weighted by Gasteiger charge is 2.30. The van der Waals surface area contributed by atoms with Gasteiger partial charge in [-0.3, -0.25) is 9.67 Å². The molecule has 0 spiro atoms. The van der Waals surface area contributed by atoms with Gasteiger partial charge in [0.1, 0.15) is 11.5 Å². The fourth-order valence-corrected chi connectivity index (χ4v) is 5.16. The van der Waals surface area contributed by atoms with Gasteiger partial charge in [0.05, 0.1) is 23.6 Å². The summed E-state index contributed by atoms with van der Waals surface area (Å²) < 4.78 is 6.58. The Balaban J connectivity index is 1.85. The molecule has 29 heavy (non-hydrogen) atoms. The molecule has 3 aromatic rings. The molecule has 0 fully saturated rings. The van der Waals surface area contributed by atoms with Crippen molar-refractivity contribution in [1.82, 2.24) is 14.8 Å². The number of hydrogen-bond acceptors (Lipinski definition) is 6. The maximum Gasteiger partial charge on any atom is 0.339 e. The van der Waals surface area contributed by atoms with Gasteiger partial charge in [-0.2, -0.15) is 5.10 Å². The Morgan fingerprint density at radius 1 is 1.31 bits per heavy atom. The van der Waals surface area contributed by atoms with E-state index < -0.39 is 5.97 Å². The molecule has 150 valence electrons. The molecule has 0 amide bonds. The maximum absolute atomic E-state index is 11.7. The van der Waals surface area contributed by atoms with Crippen molar-refractivity contribution in [2.45, 2.75) is 5.25 Å². The van der Waals surface area contributed by atoms with Crippen LogP contribution in [0.2, 0.25) is 10.0 Å². The smallest absolute Gasteiger partial charge is 0.339 e. The molecule has 0 saturated carbocycles. The average Bonchev–Trinajstić information content (AvgIpc) is 2.89. The number of aromatic nitrogens is 3. The number of thioether (sulfide) groups is 1. The van der Waals surface area contributed by atoms with Crippen LogP contribution in [-0.2, 0) is 11.8 Å². The number of aryl methyl sites for hydroxylation is 1. The van der Waals surface area contributed by atoms with E-state index >= 15 is 0 Å². The molecule has 0 saturated heterocycles. The number of fused-ring (bicyclic) bond motifs is 1. The van der Waals surface area contributed by atoms with Crippen LogP contribution in [0.15, 0.2) is 36.5 Å². The lowest BCUT2D eigenvalue weighted by atomic mass is 10.0. The lowest BCUT2D eigenvalue weighted by Gasteiger charge is -2.18. The highest BCUT2D eigenvalue weighted by atomic mass is 35.5. The van der Waals surface area contributed by atoms with E-state index in [1.807, 2.05) is 23.9 Å². The summed E-state index contributed by atoms with van der Waals surface area (Å²) >= 11 is 14.4. The van der Waals surface area contributed by atoms with Gasteiger partial charge in [0.15, 0.2) is 0 Å². The van der Waals surface area contributed by atoms with Crippen LogP contribution in [0.4, 0.5) is 5.82 Å². The minimum Gasteiger partial charge on any atom is -0.465 e. The first-order chi connectivity index (χ1) is 14.0. The zero-order valence-corrected chi connectivity index (χ0v) is 18.1. The molecule has 1 aliphatic rings. The molecule has 6 nitrogen and oxygen atoms in total. The van der Waals surface area contributed by atoms with Crippen molar-refractivity contribution in [3.05, 3.63) is 63.3 Å². The number of benzene rings is 1. The molecule has 2 aromatic heterocycles. The van der Waals surface area contributed by atoms with Gasteiger partial charge in [-0.15, -0.1) is 11.8 Å². The number of rotatable bonds is 3. The van der Waals surface area contributed by atoms with Crippen molar-refractivity contribution in [2.75, 3.05) is 24.7 Å². The molecular formula is C20H18Cl2N4O2S. The van der Waals surface area contributed by atoms with Crippen LogP contribution in [0.5, 0.6) is 0 Å². The number of nitrogens with one attached hydrogen (secondary N) is 1. The van der Waals surface area contributed by atoms with E-state index in [-0.39, 0.29) is 5.25 Å². The molecule has 0 radical (unpaired) electrons. The third kappa shape index (κ3) is 3.82. The minimum atomic E-state index is -0.424. The van der Waals surface area contributed by atoms with Crippen molar-refractivity contribution < 1.29 is 9.53 Å². The van der Waals surface area contributed by atoms with Crippen LogP contribution < -0.4 is 5.32 Å². The molecule has 1 atom stereocenters. The number of methoxy groups -OCH3 is 1. The number of pyridine rings is 1. The zero-order chi connectivity index (χ0) is 20.5. The Hall–Kier alpha value is -2.22. The number of nitrogens with zero attached hydrogens (tertiary/aromatic N) is 3. The second-order valence-corrected chi connectivity index (χ2v) is 8.56. The number of esters is 1. The van der Waals surface area contributed by atoms with Crippen LogP contribution in [-0.4, -0.2) is 40.1 Å². The first-order valence-electron chi connectivity index (χ1n) is 8.91. The van der Waals surface area contributed by atoms with Crippen molar-refractivity contribution >= 4 is 46.8 Å². The van der Waals surface area contributed by atoms with E-state index in [1.165, 1.54) is 13.3 Å². The monoisotopic (exact) mass is 448 g/mol. The van der Waals surface area contributed by atoms with Gasteiger partial charge in [-0.1, -0.05) is 29.3 Å². The number of hydrogen-bond donors (Lipinski definition) is 1. The lowest BCUT2D eigenvalue weighted by Crippen LogP contribution is -2.06. The summed E-state index contributed by atoms with van der Waals surface area (Å²) in [5, 5.41) is 9.36. The molecule has 4 rings (SSSR count). The van der Waals surface area contributed by atoms with E-state index in [9.17, 15) is 4.79 Å². The summed E-state index contributed by atoms with van der Waals surface area (Å²) in [7, 11) is 3.24. The van der Waals surface area contributed by atoms with E-state index in [2.05, 4.69) is 10.3 Å². The van der Waals surface area contributed by atoms with Crippen LogP contribution in [0.1, 0.15) is 26.7 Å². The number of carbonyl (C=O) groups is 1. The summed E-state index contributed by atoms with van der Waals surface area (Å²) in [4.78, 5) is 16.2. The van der Waals surface area contributed by atoms with Crippen LogP contribution in [0.25, 0.3) is 11.4 Å². The molecule has 1 aliphatic heterocycles. The predicted octanol–water partition coefficient (Wildman–Crippen LogP) is 4.82. The normalized spacial score (nSPS) is 15.9. The Bertz CT molecular complexity index is 1070. The average molecular weight is 449 g/mol. The Kier molecular flexibility index (Phi) is 5.72. The summed E-state index contributed by atoms with van der Waals surface area (Å²) in [6, 6.07) is 9.04. The van der Waals surface area contributed by atoms with Gasteiger partial charge in [-0.05, 0) is 29.8 Å². The van der Waals surface area contributed by atoms with Gasteiger partial charge in [0.25, 0.3) is 0 Å². The van der Waals surface area contributed by atoms with Crippen LogP contribution >= 0.6 is 35.0 Å². The van der Waals surface area contributed by atoms with E-state index in [0.29, 0.717) is 21.3 Å². The SMILES string of the molecule is COC(=O)c1ccc(-c2nn(C)c3c2C(c2ccc(Cl)cc2Cl)SCCN3)nc1. The summed E-state index contributed by atoms with van der Waals surface area (Å²) in [6.45, 7) is 0.813. The Morgan fingerprint density at radius 3 is 2.83 bits per heavy atom. The first kappa shape index (κ1) is 20.1. The summed E-state index contributed by atoms with van der Waals surface area (Å²) in [5.74, 6) is 1.42. The molecule has 0 bridgehead atoms. The third-order valence-electron chi connectivity index (χ3n) is 4.70. The van der Waals surface area contributed by atoms with E-state index in [1.54, 1.807) is 30.0 Å². The molecule has 1 aromatic carbocycles. The minimum absolute atomic E-state index is 0.0319. The zero-order valence-electron chi connectivity index (χ0n) is 15.8. The summed E-state index contributed by atoms with van der Waals surface area (Å²) in [6.07, 6.45) is 1.50. The van der Waals surface area contributed by atoms with Crippen LogP contribution in [0.3, 0.4) is 0 Å². The first-order valence-corrected chi connectivity index (χ1v) is 10.7. The van der Waals surface area contributed by atoms with E-state index in [0.717, 1.165) is 34.9 Å². The van der Waals surface area contributed by atoms with Gasteiger partial charge in [0.2, 0.25) is 0 Å². The molecule has 3 heterocycles. The number of carbonyl (C=O) groups excluding carboxylic acids is 1. The van der Waals surface area contributed by atoms with Crippen molar-refractivity contribution in [2.24, 2.45) is 7.05 Å². The molecule has 1 unspecified atom stereocenters. The largest absolute Gasteiger partial charge is 0.465 e. The maximum atomic E-state index is 11.7. The topological polar surface area (TPSA) is 69.0 Å². The van der Waals surface area contributed by atoms with Crippen molar-refractivity contribution in [1.29, 1.82) is 0 Å². The van der Waals surface area contributed by atoms with Gasteiger partial charge < -0.3 is 10.1 Å². The molecular weight excluding hydrogens is 431 g/mol. The highest BCUT2D eigenvalue weighted by Crippen LogP contribution is 2.47. The lowest BCUT2D eigenvalue weighted by molar-refractivity contribution is 0.0600. The molecule has 1 N–H and O–H groups in total. The van der Waals surface area contributed by atoms with Gasteiger partial charge in [-0.25, -0.2) is 4.79 Å². The van der Waals surface area contributed by atoms with Gasteiger partial charge >= 0.3 is 5.97 Å². The van der Waals surface area contributed by atoms with Crippen molar-refractivity contribution in [3.8, 4) is 11.4 Å². The predicted molar refractivity (Wildman–Crippen MR) is 117 cm³/mol. The number of halogens is 2. The molecule has 0 aliphatic carbocycles. The van der Waals surface area contributed by atoms with Crippen molar-refractivity contribution in [3.63, 3.8) is 0 Å². The quantitative estimate of drug-likeness (QED) is 0.578. The fourth-order valence-electron chi connectivity index (χ4n) is 3.35. The number of anilines is 1. The fraction of sp³-hybridized carbons (Fsp3) is 0.250. The van der Waals surface area contributed by atoms with Crippen LogP contribution in [0, 0.1) is 0 Å².